The first-order chi connectivity index (χ1) is 9.08. The Balaban J connectivity index is 0.00000110. The van der Waals surface area contributed by atoms with Gasteiger partial charge in [-0.15, -0.1) is 24.8 Å². The van der Waals surface area contributed by atoms with Crippen molar-refractivity contribution in [3.05, 3.63) is 22.8 Å². The lowest BCUT2D eigenvalue weighted by Gasteiger charge is -2.18. The molecule has 1 aliphatic rings. The maximum Gasteiger partial charge on any atom is 0.327 e. The number of nitrogens with zero attached hydrogens (tertiary/aromatic N) is 2. The SMILES string of the molecule is Cc1noc(C)c1-c1nc2c([nH]1)CCNC2C(=O)O.Cl.Cl. The summed E-state index contributed by atoms with van der Waals surface area (Å²) < 4.78 is 5.11. The molecular formula is C12H16Cl2N4O3. The Kier molecular flexibility index (Phi) is 5.38. The van der Waals surface area contributed by atoms with E-state index in [1.165, 1.54) is 0 Å². The molecule has 2 aromatic rings. The predicted molar refractivity (Wildman–Crippen MR) is 80.1 cm³/mol. The number of hydrogen-bond acceptors (Lipinski definition) is 5. The molecule has 2 aromatic heterocycles. The molecule has 0 aliphatic carbocycles. The zero-order valence-electron chi connectivity index (χ0n) is 11.5. The third kappa shape index (κ3) is 2.90. The second kappa shape index (κ2) is 6.46. The van der Waals surface area contributed by atoms with Crippen LogP contribution in [0.5, 0.6) is 0 Å². The monoisotopic (exact) mass is 334 g/mol. The maximum atomic E-state index is 11.2. The fourth-order valence-electron chi connectivity index (χ4n) is 2.43. The van der Waals surface area contributed by atoms with E-state index in [9.17, 15) is 9.90 Å². The van der Waals surface area contributed by atoms with Gasteiger partial charge in [-0.2, -0.15) is 0 Å². The number of aromatic nitrogens is 3. The lowest BCUT2D eigenvalue weighted by atomic mass is 10.1. The van der Waals surface area contributed by atoms with Crippen LogP contribution >= 0.6 is 24.8 Å². The van der Waals surface area contributed by atoms with E-state index in [0.717, 1.165) is 23.4 Å². The Bertz CT molecular complexity index is 633. The molecule has 21 heavy (non-hydrogen) atoms. The first-order valence-electron chi connectivity index (χ1n) is 6.06. The fourth-order valence-corrected chi connectivity index (χ4v) is 2.43. The molecule has 0 saturated heterocycles. The minimum absolute atomic E-state index is 0. The molecule has 3 rings (SSSR count). The Labute approximate surface area is 133 Å². The van der Waals surface area contributed by atoms with E-state index in [4.69, 9.17) is 4.52 Å². The van der Waals surface area contributed by atoms with Crippen LogP contribution in [0.3, 0.4) is 0 Å². The number of H-pyrrole nitrogens is 1. The molecule has 7 nitrogen and oxygen atoms in total. The third-order valence-electron chi connectivity index (χ3n) is 3.32. The quantitative estimate of drug-likeness (QED) is 0.773. The highest BCUT2D eigenvalue weighted by atomic mass is 35.5. The number of imidazole rings is 1. The van der Waals surface area contributed by atoms with Crippen molar-refractivity contribution in [2.45, 2.75) is 26.3 Å². The number of carboxylic acid groups (broad SMARTS) is 1. The van der Waals surface area contributed by atoms with Crippen molar-refractivity contribution < 1.29 is 14.4 Å². The van der Waals surface area contributed by atoms with Crippen LogP contribution in [-0.4, -0.2) is 32.7 Å². The molecule has 0 bridgehead atoms. The summed E-state index contributed by atoms with van der Waals surface area (Å²) in [5.74, 6) is 0.373. The minimum atomic E-state index is -0.919. The number of halogens is 2. The van der Waals surface area contributed by atoms with Gasteiger partial charge in [-0.05, 0) is 13.8 Å². The normalized spacial score (nSPS) is 16.6. The summed E-state index contributed by atoms with van der Waals surface area (Å²) in [4.78, 5) is 18.8. The Morgan fingerprint density at radius 3 is 2.67 bits per heavy atom. The van der Waals surface area contributed by atoms with E-state index in [2.05, 4.69) is 20.4 Å². The number of rotatable bonds is 2. The van der Waals surface area contributed by atoms with Gasteiger partial charge in [-0.25, -0.2) is 4.98 Å². The van der Waals surface area contributed by atoms with Gasteiger partial charge in [0.2, 0.25) is 0 Å². The van der Waals surface area contributed by atoms with Crippen LogP contribution in [0.2, 0.25) is 0 Å². The van der Waals surface area contributed by atoms with Crippen LogP contribution in [0.4, 0.5) is 0 Å². The van der Waals surface area contributed by atoms with Gasteiger partial charge in [-0.3, -0.25) is 10.1 Å². The average molecular weight is 335 g/mol. The molecule has 9 heteroatoms. The van der Waals surface area contributed by atoms with Crippen LogP contribution in [0.1, 0.15) is 28.9 Å². The van der Waals surface area contributed by atoms with Crippen molar-refractivity contribution >= 4 is 30.8 Å². The van der Waals surface area contributed by atoms with Crippen LogP contribution < -0.4 is 5.32 Å². The highest BCUT2D eigenvalue weighted by Gasteiger charge is 2.30. The van der Waals surface area contributed by atoms with Crippen LogP contribution in [0.15, 0.2) is 4.52 Å². The first-order valence-corrected chi connectivity index (χ1v) is 6.06. The zero-order chi connectivity index (χ0) is 13.6. The molecule has 0 radical (unpaired) electrons. The number of aromatic amines is 1. The topological polar surface area (TPSA) is 104 Å². The summed E-state index contributed by atoms with van der Waals surface area (Å²) in [6.07, 6.45) is 0.732. The Morgan fingerprint density at radius 2 is 2.10 bits per heavy atom. The molecule has 0 fully saturated rings. The number of carbonyl (C=O) groups is 1. The van der Waals surface area contributed by atoms with Gasteiger partial charge >= 0.3 is 5.97 Å². The minimum Gasteiger partial charge on any atom is -0.480 e. The number of fused-ring (bicyclic) bond motifs is 1. The molecule has 0 saturated carbocycles. The van der Waals surface area contributed by atoms with Gasteiger partial charge < -0.3 is 14.6 Å². The van der Waals surface area contributed by atoms with E-state index < -0.39 is 12.0 Å². The molecule has 0 spiro atoms. The lowest BCUT2D eigenvalue weighted by Crippen LogP contribution is -2.35. The highest BCUT2D eigenvalue weighted by Crippen LogP contribution is 2.29. The Hall–Kier alpha value is -1.57. The average Bonchev–Trinajstić information content (AvgIpc) is 2.91. The second-order valence-corrected chi connectivity index (χ2v) is 4.62. The predicted octanol–water partition coefficient (Wildman–Crippen LogP) is 1.80. The van der Waals surface area contributed by atoms with Crippen molar-refractivity contribution in [1.29, 1.82) is 0 Å². The van der Waals surface area contributed by atoms with Gasteiger partial charge in [0, 0.05) is 18.7 Å². The molecule has 1 unspecified atom stereocenters. The highest BCUT2D eigenvalue weighted by molar-refractivity contribution is 5.85. The van der Waals surface area contributed by atoms with E-state index in [1.54, 1.807) is 0 Å². The summed E-state index contributed by atoms with van der Waals surface area (Å²) in [6, 6.07) is -0.755. The number of nitrogens with one attached hydrogen (secondary N) is 2. The first kappa shape index (κ1) is 17.5. The summed E-state index contributed by atoms with van der Waals surface area (Å²) in [7, 11) is 0. The second-order valence-electron chi connectivity index (χ2n) is 4.62. The number of carboxylic acids is 1. The molecule has 1 aliphatic heterocycles. The van der Waals surface area contributed by atoms with Gasteiger partial charge in [0.05, 0.1) is 17.0 Å². The van der Waals surface area contributed by atoms with Crippen LogP contribution in [0.25, 0.3) is 11.4 Å². The summed E-state index contributed by atoms with van der Waals surface area (Å²) in [6.45, 7) is 4.26. The maximum absolute atomic E-state index is 11.2. The van der Waals surface area contributed by atoms with E-state index >= 15 is 0 Å². The van der Waals surface area contributed by atoms with Crippen molar-refractivity contribution in [3.8, 4) is 11.4 Å². The number of aliphatic carboxylic acids is 1. The molecule has 116 valence electrons. The lowest BCUT2D eigenvalue weighted by molar-refractivity contribution is -0.139. The Morgan fingerprint density at radius 1 is 1.38 bits per heavy atom. The van der Waals surface area contributed by atoms with E-state index in [1.807, 2.05) is 13.8 Å². The van der Waals surface area contributed by atoms with E-state index in [0.29, 0.717) is 23.8 Å². The molecule has 3 N–H and O–H groups in total. The number of aryl methyl sites for hydroxylation is 2. The van der Waals surface area contributed by atoms with Gasteiger partial charge in [0.1, 0.15) is 11.6 Å². The standard InChI is InChI=1S/C12H14N4O3.2ClH/c1-5-8(6(2)19-16-5)11-14-7-3-4-13-10(12(17)18)9(7)15-11;;/h10,13H,3-4H2,1-2H3,(H,14,15)(H,17,18);2*1H. The fraction of sp³-hybridized carbons (Fsp3) is 0.417. The zero-order valence-corrected chi connectivity index (χ0v) is 13.1. The summed E-state index contributed by atoms with van der Waals surface area (Å²) >= 11 is 0. The number of hydrogen-bond donors (Lipinski definition) is 3. The van der Waals surface area contributed by atoms with Crippen LogP contribution in [-0.2, 0) is 11.2 Å². The molecule has 1 atom stereocenters. The third-order valence-corrected chi connectivity index (χ3v) is 3.32. The summed E-state index contributed by atoms with van der Waals surface area (Å²) in [5.41, 5.74) is 2.96. The van der Waals surface area contributed by atoms with Gasteiger partial charge in [-0.1, -0.05) is 5.16 Å². The smallest absolute Gasteiger partial charge is 0.327 e. The van der Waals surface area contributed by atoms with Crippen molar-refractivity contribution in [2.75, 3.05) is 6.54 Å². The van der Waals surface area contributed by atoms with Crippen LogP contribution in [0, 0.1) is 13.8 Å². The van der Waals surface area contributed by atoms with Gasteiger partial charge in [0.15, 0.2) is 6.04 Å². The molecule has 3 heterocycles. The summed E-state index contributed by atoms with van der Waals surface area (Å²) in [5, 5.41) is 16.0. The van der Waals surface area contributed by atoms with Crippen molar-refractivity contribution in [1.82, 2.24) is 20.4 Å². The van der Waals surface area contributed by atoms with Gasteiger partial charge in [0.25, 0.3) is 0 Å². The van der Waals surface area contributed by atoms with Crippen molar-refractivity contribution in [3.63, 3.8) is 0 Å². The molecule has 0 aromatic carbocycles. The van der Waals surface area contributed by atoms with E-state index in [-0.39, 0.29) is 24.8 Å². The largest absolute Gasteiger partial charge is 0.480 e. The molecular weight excluding hydrogens is 319 g/mol. The molecule has 0 amide bonds. The van der Waals surface area contributed by atoms with Crippen molar-refractivity contribution in [2.24, 2.45) is 0 Å².